The van der Waals surface area contributed by atoms with E-state index >= 15 is 0 Å². The van der Waals surface area contributed by atoms with Crippen LogP contribution in [0.25, 0.3) is 0 Å². The normalized spacial score (nSPS) is 27.9. The van der Waals surface area contributed by atoms with E-state index in [-0.39, 0.29) is 5.76 Å². The molecule has 0 saturated heterocycles. The standard InChI is InChI=1S/C12H20N2O7/c1-5(16)14-9-6(13)3-8(12(19)20-2)21-11(9)10(18)7(17)4-15/h3,6-7,9-11,15,17-18H,4,13H2,1-2H3,(H,14,16)/t6-,7+,9+,10+,11+/m0/s1. The monoisotopic (exact) mass is 304 g/mol. The predicted octanol–water partition coefficient (Wildman–Crippen LogP) is -3.01. The number of aliphatic hydroxyl groups is 3. The molecule has 0 radical (unpaired) electrons. The first-order valence-electron chi connectivity index (χ1n) is 6.28. The van der Waals surface area contributed by atoms with Crippen LogP contribution in [0.5, 0.6) is 0 Å². The fourth-order valence-corrected chi connectivity index (χ4v) is 2.00. The van der Waals surface area contributed by atoms with Crippen molar-refractivity contribution >= 4 is 11.9 Å². The van der Waals surface area contributed by atoms with Gasteiger partial charge in [-0.05, 0) is 6.08 Å². The average molecular weight is 304 g/mol. The van der Waals surface area contributed by atoms with Gasteiger partial charge in [-0.3, -0.25) is 4.79 Å². The largest absolute Gasteiger partial charge is 0.478 e. The lowest BCUT2D eigenvalue weighted by Crippen LogP contribution is -2.62. The second-order valence-electron chi connectivity index (χ2n) is 4.65. The molecule has 1 rings (SSSR count). The minimum absolute atomic E-state index is 0.235. The van der Waals surface area contributed by atoms with Crippen LogP contribution in [0.15, 0.2) is 11.8 Å². The molecule has 0 saturated carbocycles. The topological polar surface area (TPSA) is 151 Å². The average Bonchev–Trinajstić information content (AvgIpc) is 2.46. The van der Waals surface area contributed by atoms with E-state index in [4.69, 9.17) is 15.6 Å². The molecule has 0 aromatic heterocycles. The number of hydrogen-bond acceptors (Lipinski definition) is 8. The number of nitrogens with one attached hydrogen (secondary N) is 1. The second kappa shape index (κ2) is 7.36. The van der Waals surface area contributed by atoms with Crippen molar-refractivity contribution in [3.63, 3.8) is 0 Å². The lowest BCUT2D eigenvalue weighted by molar-refractivity contribution is -0.148. The molecule has 9 heteroatoms. The molecule has 0 spiro atoms. The number of nitrogens with two attached hydrogens (primary N) is 1. The van der Waals surface area contributed by atoms with Gasteiger partial charge in [-0.25, -0.2) is 4.79 Å². The van der Waals surface area contributed by atoms with Crippen LogP contribution in [0.3, 0.4) is 0 Å². The van der Waals surface area contributed by atoms with E-state index in [2.05, 4.69) is 10.1 Å². The summed E-state index contributed by atoms with van der Waals surface area (Å²) in [6.07, 6.45) is -3.05. The van der Waals surface area contributed by atoms with E-state index in [1.807, 2.05) is 0 Å². The number of hydrogen-bond donors (Lipinski definition) is 5. The molecule has 0 aromatic rings. The Bertz CT molecular complexity index is 426. The van der Waals surface area contributed by atoms with Crippen LogP contribution in [0.2, 0.25) is 0 Å². The number of esters is 1. The highest BCUT2D eigenvalue weighted by Crippen LogP contribution is 2.22. The first kappa shape index (κ1) is 17.4. The van der Waals surface area contributed by atoms with E-state index in [1.54, 1.807) is 0 Å². The molecule has 5 atom stereocenters. The summed E-state index contributed by atoms with van der Waals surface area (Å²) < 4.78 is 9.78. The van der Waals surface area contributed by atoms with Crippen molar-refractivity contribution in [3.05, 3.63) is 11.8 Å². The van der Waals surface area contributed by atoms with Crippen molar-refractivity contribution in [1.29, 1.82) is 0 Å². The molecule has 0 unspecified atom stereocenters. The SMILES string of the molecule is COC(=O)C1=C[C@H](N)[C@@H](NC(C)=O)[C@H]([C@H](O)[C@H](O)CO)O1. The number of amides is 1. The van der Waals surface area contributed by atoms with Gasteiger partial charge in [0, 0.05) is 6.92 Å². The van der Waals surface area contributed by atoms with E-state index in [0.29, 0.717) is 0 Å². The molecule has 9 nitrogen and oxygen atoms in total. The van der Waals surface area contributed by atoms with Gasteiger partial charge >= 0.3 is 5.97 Å². The first-order valence-corrected chi connectivity index (χ1v) is 6.28. The van der Waals surface area contributed by atoms with E-state index in [0.717, 1.165) is 7.11 Å². The third kappa shape index (κ3) is 4.14. The summed E-state index contributed by atoms with van der Waals surface area (Å²) in [5.74, 6) is -1.46. The Labute approximate surface area is 121 Å². The quantitative estimate of drug-likeness (QED) is 0.337. The van der Waals surface area contributed by atoms with Gasteiger partial charge in [0.25, 0.3) is 0 Å². The maximum Gasteiger partial charge on any atom is 0.373 e. The molecule has 0 aromatic carbocycles. The van der Waals surface area contributed by atoms with Crippen LogP contribution < -0.4 is 11.1 Å². The van der Waals surface area contributed by atoms with Gasteiger partial charge < -0.3 is 35.8 Å². The van der Waals surface area contributed by atoms with Crippen LogP contribution in [0.4, 0.5) is 0 Å². The van der Waals surface area contributed by atoms with Crippen LogP contribution in [-0.2, 0) is 19.1 Å². The fourth-order valence-electron chi connectivity index (χ4n) is 2.00. The third-order valence-electron chi connectivity index (χ3n) is 3.05. The lowest BCUT2D eigenvalue weighted by Gasteiger charge is -2.38. The molecule has 0 fully saturated rings. The van der Waals surface area contributed by atoms with Gasteiger partial charge in [0.1, 0.15) is 18.3 Å². The van der Waals surface area contributed by atoms with Crippen molar-refractivity contribution < 1.29 is 34.4 Å². The summed E-state index contributed by atoms with van der Waals surface area (Å²) in [5.41, 5.74) is 5.85. The van der Waals surface area contributed by atoms with Crippen LogP contribution >= 0.6 is 0 Å². The molecule has 1 aliphatic heterocycles. The Morgan fingerprint density at radius 3 is 2.62 bits per heavy atom. The molecular formula is C12H20N2O7. The van der Waals surface area contributed by atoms with Crippen molar-refractivity contribution in [2.45, 2.75) is 37.3 Å². The maximum absolute atomic E-state index is 11.5. The number of carbonyl (C=O) groups excluding carboxylic acids is 2. The van der Waals surface area contributed by atoms with Crippen molar-refractivity contribution in [2.75, 3.05) is 13.7 Å². The van der Waals surface area contributed by atoms with E-state index in [1.165, 1.54) is 13.0 Å². The van der Waals surface area contributed by atoms with Crippen LogP contribution in [0.1, 0.15) is 6.92 Å². The molecule has 6 N–H and O–H groups in total. The van der Waals surface area contributed by atoms with Crippen molar-refractivity contribution in [2.24, 2.45) is 5.73 Å². The highest BCUT2D eigenvalue weighted by Gasteiger charge is 2.42. The number of rotatable bonds is 5. The van der Waals surface area contributed by atoms with Crippen molar-refractivity contribution in [3.8, 4) is 0 Å². The summed E-state index contributed by atoms with van der Waals surface area (Å²) in [5, 5.41) is 30.9. The van der Waals surface area contributed by atoms with Crippen molar-refractivity contribution in [1.82, 2.24) is 5.32 Å². The minimum Gasteiger partial charge on any atom is -0.478 e. The summed E-state index contributed by atoms with van der Waals surface area (Å²) in [7, 11) is 1.14. The smallest absolute Gasteiger partial charge is 0.373 e. The lowest BCUT2D eigenvalue weighted by atomic mass is 9.92. The molecule has 0 bridgehead atoms. The second-order valence-corrected chi connectivity index (χ2v) is 4.65. The highest BCUT2D eigenvalue weighted by atomic mass is 16.6. The molecule has 21 heavy (non-hydrogen) atoms. The molecule has 120 valence electrons. The minimum atomic E-state index is -1.56. The van der Waals surface area contributed by atoms with Gasteiger partial charge in [0.05, 0.1) is 25.8 Å². The van der Waals surface area contributed by atoms with Gasteiger partial charge in [-0.2, -0.15) is 0 Å². The number of carbonyl (C=O) groups is 2. The molecule has 1 aliphatic rings. The summed E-state index contributed by atoms with van der Waals surface area (Å²) in [6.45, 7) is 0.526. The maximum atomic E-state index is 11.5. The number of aliphatic hydroxyl groups excluding tert-OH is 3. The zero-order valence-electron chi connectivity index (χ0n) is 11.7. The third-order valence-corrected chi connectivity index (χ3v) is 3.05. The zero-order valence-corrected chi connectivity index (χ0v) is 11.7. The van der Waals surface area contributed by atoms with E-state index < -0.39 is 48.9 Å². The number of ether oxygens (including phenoxy) is 2. The van der Waals surface area contributed by atoms with Crippen LogP contribution in [0, 0.1) is 0 Å². The fraction of sp³-hybridized carbons (Fsp3) is 0.667. The van der Waals surface area contributed by atoms with Gasteiger partial charge in [0.15, 0.2) is 0 Å². The Hall–Kier alpha value is -1.68. The first-order chi connectivity index (χ1) is 9.81. The highest BCUT2D eigenvalue weighted by molar-refractivity contribution is 5.86. The molecule has 1 heterocycles. The summed E-state index contributed by atoms with van der Waals surface area (Å²) in [4.78, 5) is 22.7. The predicted molar refractivity (Wildman–Crippen MR) is 69.7 cm³/mol. The van der Waals surface area contributed by atoms with Gasteiger partial charge in [0.2, 0.25) is 11.7 Å². The molecule has 1 amide bonds. The molecule has 0 aliphatic carbocycles. The Balaban J connectivity index is 3.05. The molecular weight excluding hydrogens is 284 g/mol. The Morgan fingerprint density at radius 1 is 1.52 bits per heavy atom. The Kier molecular flexibility index (Phi) is 6.09. The van der Waals surface area contributed by atoms with E-state index in [9.17, 15) is 19.8 Å². The Morgan fingerprint density at radius 2 is 2.14 bits per heavy atom. The van der Waals surface area contributed by atoms with Gasteiger partial charge in [-0.15, -0.1) is 0 Å². The number of methoxy groups -OCH3 is 1. The van der Waals surface area contributed by atoms with Gasteiger partial charge in [-0.1, -0.05) is 0 Å². The summed E-state index contributed by atoms with van der Waals surface area (Å²) >= 11 is 0. The van der Waals surface area contributed by atoms with Crippen LogP contribution in [-0.4, -0.2) is 71.3 Å². The summed E-state index contributed by atoms with van der Waals surface area (Å²) in [6, 6.07) is -1.73. The zero-order chi connectivity index (χ0) is 16.2.